The first-order chi connectivity index (χ1) is 15.7. The van der Waals surface area contributed by atoms with E-state index >= 15 is 0 Å². The first-order valence-corrected chi connectivity index (χ1v) is 11.5. The number of hydrogen-bond acceptors (Lipinski definition) is 4. The van der Waals surface area contributed by atoms with Crippen molar-refractivity contribution in [3.63, 3.8) is 0 Å². The van der Waals surface area contributed by atoms with Crippen LogP contribution in [0.2, 0.25) is 5.02 Å². The highest BCUT2D eigenvalue weighted by molar-refractivity contribution is 6.30. The lowest BCUT2D eigenvalue weighted by molar-refractivity contribution is -0.00932. The van der Waals surface area contributed by atoms with Crippen LogP contribution in [0, 0.1) is 0 Å². The molecule has 1 amide bonds. The van der Waals surface area contributed by atoms with E-state index in [1.165, 1.54) is 0 Å². The minimum absolute atomic E-state index is 0. The van der Waals surface area contributed by atoms with E-state index in [1.54, 1.807) is 39.2 Å². The third kappa shape index (κ3) is 3.67. The maximum atomic E-state index is 13.3. The van der Waals surface area contributed by atoms with Crippen molar-refractivity contribution in [2.75, 3.05) is 20.2 Å². The normalized spacial score (nSPS) is 16.7. The van der Waals surface area contributed by atoms with Crippen molar-refractivity contribution >= 4 is 17.5 Å². The second kappa shape index (κ2) is 7.82. The number of likely N-dealkylation sites (tertiary alicyclic amines) is 1. The second-order valence-corrected chi connectivity index (χ2v) is 9.67. The van der Waals surface area contributed by atoms with Crippen molar-refractivity contribution in [3.05, 3.63) is 76.6 Å². The predicted molar refractivity (Wildman–Crippen MR) is 129 cm³/mol. The van der Waals surface area contributed by atoms with E-state index in [1.807, 2.05) is 35.4 Å². The highest BCUT2D eigenvalue weighted by Crippen LogP contribution is 2.46. The van der Waals surface area contributed by atoms with Gasteiger partial charge in [-0.25, -0.2) is 0 Å². The van der Waals surface area contributed by atoms with Crippen molar-refractivity contribution in [3.8, 4) is 17.2 Å². The molecule has 1 fully saturated rings. The van der Waals surface area contributed by atoms with Gasteiger partial charge in [0.15, 0.2) is 5.60 Å². The largest absolute Gasteiger partial charge is 0.496 e. The van der Waals surface area contributed by atoms with Gasteiger partial charge in [0.2, 0.25) is 0 Å². The van der Waals surface area contributed by atoms with Gasteiger partial charge in [-0.3, -0.25) is 4.79 Å². The van der Waals surface area contributed by atoms with E-state index in [2.05, 4.69) is 10.6 Å². The number of methoxy groups -OCH3 is 1. The number of aliphatic hydroxyl groups is 1. The molecule has 0 saturated carbocycles. The van der Waals surface area contributed by atoms with Crippen molar-refractivity contribution < 1.29 is 20.8 Å². The standard InChI is InChI=1S/C26H27ClN2O4.H2/c1-25(2,31)19-8-6-17(15-21(19)32-3)24(30)28-13-10-26(11-14-28)23-5-4-12-29(23)20-9-7-18(27)16-22(20)33-26;/h4-9,12,15-16,31H,10-11,13-14H2,1-3H3;1H. The molecule has 6 nitrogen and oxygen atoms in total. The molecule has 5 rings (SSSR count). The summed E-state index contributed by atoms with van der Waals surface area (Å²) in [5, 5.41) is 11.0. The Morgan fingerprint density at radius 1 is 1.18 bits per heavy atom. The molecule has 33 heavy (non-hydrogen) atoms. The molecular formula is C26H29ClN2O4. The van der Waals surface area contributed by atoms with E-state index < -0.39 is 11.2 Å². The number of aromatic nitrogens is 1. The Morgan fingerprint density at radius 3 is 2.64 bits per heavy atom. The summed E-state index contributed by atoms with van der Waals surface area (Å²) >= 11 is 6.23. The highest BCUT2D eigenvalue weighted by Gasteiger charge is 2.44. The third-order valence-electron chi connectivity index (χ3n) is 6.67. The van der Waals surface area contributed by atoms with E-state index in [0.29, 0.717) is 47.8 Å². The molecule has 7 heteroatoms. The van der Waals surface area contributed by atoms with Crippen LogP contribution in [-0.4, -0.2) is 40.7 Å². The summed E-state index contributed by atoms with van der Waals surface area (Å²) in [6.45, 7) is 4.52. The summed E-state index contributed by atoms with van der Waals surface area (Å²) in [5.41, 5.74) is 1.70. The summed E-state index contributed by atoms with van der Waals surface area (Å²) in [6, 6.07) is 15.0. The van der Waals surface area contributed by atoms with Gasteiger partial charge >= 0.3 is 0 Å². The monoisotopic (exact) mass is 468 g/mol. The van der Waals surface area contributed by atoms with E-state index in [9.17, 15) is 9.90 Å². The molecule has 2 aliphatic rings. The summed E-state index contributed by atoms with van der Waals surface area (Å²) in [4.78, 5) is 15.1. The van der Waals surface area contributed by atoms with E-state index in [-0.39, 0.29) is 7.33 Å². The number of ether oxygens (including phenoxy) is 2. The van der Waals surface area contributed by atoms with Gasteiger partial charge in [-0.2, -0.15) is 0 Å². The Labute approximate surface area is 199 Å². The van der Waals surface area contributed by atoms with Crippen LogP contribution in [0.1, 0.15) is 49.7 Å². The summed E-state index contributed by atoms with van der Waals surface area (Å²) in [7, 11) is 1.54. The molecule has 3 aromatic rings. The molecule has 3 heterocycles. The zero-order valence-corrected chi connectivity index (χ0v) is 19.7. The lowest BCUT2D eigenvalue weighted by Crippen LogP contribution is -2.50. The van der Waals surface area contributed by atoms with Crippen molar-refractivity contribution in [2.24, 2.45) is 0 Å². The van der Waals surface area contributed by atoms with Gasteiger partial charge in [-0.05, 0) is 50.2 Å². The number of nitrogens with zero attached hydrogens (tertiary/aromatic N) is 2. The molecule has 1 saturated heterocycles. The number of benzene rings is 2. The molecule has 1 aromatic heterocycles. The van der Waals surface area contributed by atoms with Crippen LogP contribution in [0.4, 0.5) is 0 Å². The fourth-order valence-corrected chi connectivity index (χ4v) is 5.10. The molecule has 174 valence electrons. The Kier molecular flexibility index (Phi) is 5.18. The number of rotatable bonds is 3. The highest BCUT2D eigenvalue weighted by atomic mass is 35.5. The van der Waals surface area contributed by atoms with Gasteiger partial charge in [0.05, 0.1) is 24.1 Å². The van der Waals surface area contributed by atoms with Crippen LogP contribution in [-0.2, 0) is 11.2 Å². The number of piperidine rings is 1. The van der Waals surface area contributed by atoms with E-state index in [4.69, 9.17) is 21.1 Å². The van der Waals surface area contributed by atoms with Gasteiger partial charge in [0.1, 0.15) is 11.5 Å². The first-order valence-electron chi connectivity index (χ1n) is 11.1. The number of fused-ring (bicyclic) bond motifs is 4. The molecule has 0 aliphatic carbocycles. The topological polar surface area (TPSA) is 63.9 Å². The quantitative estimate of drug-likeness (QED) is 0.578. The lowest BCUT2D eigenvalue weighted by atomic mass is 9.86. The molecule has 2 aliphatic heterocycles. The Balaban J connectivity index is 0.00000274. The Morgan fingerprint density at radius 2 is 1.94 bits per heavy atom. The van der Waals surface area contributed by atoms with Crippen molar-refractivity contribution in [1.82, 2.24) is 9.47 Å². The molecule has 0 bridgehead atoms. The van der Waals surface area contributed by atoms with Gasteiger partial charge in [-0.1, -0.05) is 17.7 Å². The molecule has 0 radical (unpaired) electrons. The summed E-state index contributed by atoms with van der Waals surface area (Å²) in [5.74, 6) is 1.21. The van der Waals surface area contributed by atoms with Gasteiger partial charge < -0.3 is 24.0 Å². The number of halogens is 1. The van der Waals surface area contributed by atoms with Crippen LogP contribution in [0.5, 0.6) is 11.5 Å². The minimum Gasteiger partial charge on any atom is -0.496 e. The van der Waals surface area contributed by atoms with Crippen LogP contribution in [0.25, 0.3) is 5.69 Å². The van der Waals surface area contributed by atoms with E-state index in [0.717, 1.165) is 17.1 Å². The number of carbonyl (C=O) groups is 1. The molecule has 1 N–H and O–H groups in total. The zero-order valence-electron chi connectivity index (χ0n) is 19.0. The smallest absolute Gasteiger partial charge is 0.253 e. The lowest BCUT2D eigenvalue weighted by Gasteiger charge is -2.45. The Hall–Kier alpha value is -2.96. The Bertz CT molecular complexity index is 1230. The number of hydrogen-bond donors (Lipinski definition) is 1. The van der Waals surface area contributed by atoms with Crippen molar-refractivity contribution in [1.29, 1.82) is 0 Å². The maximum Gasteiger partial charge on any atom is 0.253 e. The average Bonchev–Trinajstić information content (AvgIpc) is 3.29. The number of amides is 1. The van der Waals surface area contributed by atoms with Crippen LogP contribution >= 0.6 is 11.6 Å². The molecule has 2 aromatic carbocycles. The van der Waals surface area contributed by atoms with Crippen LogP contribution in [0.15, 0.2) is 54.7 Å². The van der Waals surface area contributed by atoms with Crippen molar-refractivity contribution in [2.45, 2.75) is 37.9 Å². The van der Waals surface area contributed by atoms with Gasteiger partial charge in [-0.15, -0.1) is 0 Å². The molecule has 0 unspecified atom stereocenters. The SMILES string of the molecule is COc1cc(C(=O)N2CCC3(CC2)Oc2cc(Cl)ccc2-n2cccc23)ccc1C(C)(C)O.[HH]. The van der Waals surface area contributed by atoms with Crippen LogP contribution < -0.4 is 9.47 Å². The average molecular weight is 469 g/mol. The third-order valence-corrected chi connectivity index (χ3v) is 6.90. The summed E-state index contributed by atoms with van der Waals surface area (Å²) in [6.07, 6.45) is 3.39. The molecule has 0 atom stereocenters. The summed E-state index contributed by atoms with van der Waals surface area (Å²) < 4.78 is 14.2. The zero-order chi connectivity index (χ0) is 23.4. The predicted octanol–water partition coefficient (Wildman–Crippen LogP) is 5.14. The maximum absolute atomic E-state index is 13.3. The fourth-order valence-electron chi connectivity index (χ4n) is 4.94. The van der Waals surface area contributed by atoms with Crippen LogP contribution in [0.3, 0.4) is 0 Å². The first kappa shape index (κ1) is 21.9. The van der Waals surface area contributed by atoms with Gasteiger partial charge in [0, 0.05) is 55.8 Å². The molecule has 1 spiro atoms. The minimum atomic E-state index is -1.06. The number of carbonyl (C=O) groups excluding carboxylic acids is 1. The molecular weight excluding hydrogens is 440 g/mol. The second-order valence-electron chi connectivity index (χ2n) is 9.24. The van der Waals surface area contributed by atoms with Gasteiger partial charge in [0.25, 0.3) is 5.91 Å². The fraction of sp³-hybridized carbons (Fsp3) is 0.346.